The first-order valence-electron chi connectivity index (χ1n) is 13.5. The zero-order chi connectivity index (χ0) is 30.0. The number of benzene rings is 2. The Morgan fingerprint density at radius 1 is 1.12 bits per heavy atom. The lowest BCUT2D eigenvalue weighted by molar-refractivity contribution is -0.184. The minimum atomic E-state index is -2.69. The molecule has 0 aliphatic heterocycles. The lowest BCUT2D eigenvalue weighted by Crippen LogP contribution is -2.73. The van der Waals surface area contributed by atoms with E-state index in [4.69, 9.17) is 5.73 Å². The molecule has 5 rings (SSSR count). The predicted octanol–water partition coefficient (Wildman–Crippen LogP) is 0.807. The second-order valence-electron chi connectivity index (χ2n) is 11.7. The number of fused-ring (bicyclic) bond motifs is 3. The SMILES string of the molecule is CN(C)c1cc(NCc2ccccc2)c(O)c2c1C[C@@H]1C[C@@H]3[C@@H](N(C)C)C(O)C(C(N)=O)C(=O)[C@]3(O)C(=O)C1=C2O. The van der Waals surface area contributed by atoms with Gasteiger partial charge in [0.1, 0.15) is 17.4 Å². The summed E-state index contributed by atoms with van der Waals surface area (Å²) >= 11 is 0. The molecule has 0 bridgehead atoms. The van der Waals surface area contributed by atoms with Crippen molar-refractivity contribution >= 4 is 34.6 Å². The summed E-state index contributed by atoms with van der Waals surface area (Å²) in [4.78, 5) is 43.2. The van der Waals surface area contributed by atoms with Crippen molar-refractivity contribution in [1.29, 1.82) is 0 Å². The van der Waals surface area contributed by atoms with E-state index in [0.717, 1.165) is 5.56 Å². The number of phenolic OH excluding ortho intramolecular Hbond substituents is 1. The molecule has 7 N–H and O–H groups in total. The number of amides is 1. The van der Waals surface area contributed by atoms with Crippen molar-refractivity contribution < 1.29 is 34.8 Å². The van der Waals surface area contributed by atoms with Crippen LogP contribution in [0.3, 0.4) is 0 Å². The number of carbonyl (C=O) groups is 3. The number of rotatable bonds is 6. The van der Waals surface area contributed by atoms with Crippen molar-refractivity contribution in [3.05, 3.63) is 58.7 Å². The van der Waals surface area contributed by atoms with E-state index in [1.54, 1.807) is 25.1 Å². The van der Waals surface area contributed by atoms with Crippen LogP contribution in [0, 0.1) is 17.8 Å². The van der Waals surface area contributed by atoms with Crippen LogP contribution in [-0.4, -0.2) is 88.7 Å². The Balaban J connectivity index is 1.65. The van der Waals surface area contributed by atoms with Gasteiger partial charge in [-0.25, -0.2) is 0 Å². The maximum absolute atomic E-state index is 14.1. The number of aliphatic hydroxyl groups excluding tert-OH is 2. The van der Waals surface area contributed by atoms with Gasteiger partial charge >= 0.3 is 0 Å². The van der Waals surface area contributed by atoms with E-state index in [2.05, 4.69) is 5.32 Å². The van der Waals surface area contributed by atoms with Crippen LogP contribution in [0.1, 0.15) is 23.1 Å². The molecular formula is C30H36N4O7. The minimum Gasteiger partial charge on any atom is -0.507 e. The third-order valence-corrected chi connectivity index (χ3v) is 8.87. The molecule has 0 heterocycles. The Kier molecular flexibility index (Phi) is 7.09. The van der Waals surface area contributed by atoms with Crippen LogP contribution in [0.2, 0.25) is 0 Å². The summed E-state index contributed by atoms with van der Waals surface area (Å²) in [7, 11) is 6.91. The van der Waals surface area contributed by atoms with Gasteiger partial charge in [0.15, 0.2) is 11.4 Å². The van der Waals surface area contributed by atoms with Gasteiger partial charge in [-0.1, -0.05) is 30.3 Å². The lowest BCUT2D eigenvalue weighted by Gasteiger charge is -2.53. The lowest BCUT2D eigenvalue weighted by atomic mass is 9.54. The number of Topliss-reactive ketones (excluding diaryl/α,β-unsaturated/α-hetero) is 2. The second-order valence-corrected chi connectivity index (χ2v) is 11.7. The first kappa shape index (κ1) is 28.6. The number of hydrogen-bond donors (Lipinski definition) is 6. The Labute approximate surface area is 237 Å². The monoisotopic (exact) mass is 564 g/mol. The molecule has 11 heteroatoms. The molecule has 2 aromatic rings. The van der Waals surface area contributed by atoms with Gasteiger partial charge < -0.3 is 41.3 Å². The molecule has 2 saturated carbocycles. The summed E-state index contributed by atoms with van der Waals surface area (Å²) < 4.78 is 0. The first-order valence-corrected chi connectivity index (χ1v) is 13.5. The van der Waals surface area contributed by atoms with Crippen LogP contribution in [-0.2, 0) is 27.3 Å². The molecule has 2 aromatic carbocycles. The number of hydrogen-bond acceptors (Lipinski definition) is 10. The van der Waals surface area contributed by atoms with Crippen LogP contribution < -0.4 is 16.0 Å². The van der Waals surface area contributed by atoms with Crippen LogP contribution in [0.25, 0.3) is 5.76 Å². The Bertz CT molecular complexity index is 1450. The van der Waals surface area contributed by atoms with Crippen molar-refractivity contribution in [3.63, 3.8) is 0 Å². The van der Waals surface area contributed by atoms with Gasteiger partial charge in [0.05, 0.1) is 17.4 Å². The fourth-order valence-electron chi connectivity index (χ4n) is 6.98. The van der Waals surface area contributed by atoms with Gasteiger partial charge in [-0.05, 0) is 50.0 Å². The van der Waals surface area contributed by atoms with E-state index in [-0.39, 0.29) is 29.7 Å². The summed E-state index contributed by atoms with van der Waals surface area (Å²) in [5.74, 6) is -7.62. The maximum Gasteiger partial charge on any atom is 0.230 e. The summed E-state index contributed by atoms with van der Waals surface area (Å²) in [5, 5.41) is 49.0. The number of nitrogens with zero attached hydrogens (tertiary/aromatic N) is 2. The highest BCUT2D eigenvalue weighted by Crippen LogP contribution is 2.54. The number of anilines is 2. The van der Waals surface area contributed by atoms with Gasteiger partial charge in [-0.2, -0.15) is 0 Å². The number of nitrogens with two attached hydrogens (primary N) is 1. The standard InChI is InChI=1S/C30H36N4O7/c1-33(2)19-12-18(32-13-14-8-6-5-7-9-14)24(35)21-16(19)10-15-11-17-23(34(3)4)26(37)22(29(31)40)28(39)30(17,41)27(38)20(15)25(21)36/h5-9,12,15,17,22-23,26,32,35-37,41H,10-11,13H2,1-4H3,(H2,31,40)/t15-,17-,22?,23-,26?,30-/m1/s1. The molecule has 11 nitrogen and oxygen atoms in total. The van der Waals surface area contributed by atoms with Crippen molar-refractivity contribution in [2.75, 3.05) is 38.4 Å². The zero-order valence-corrected chi connectivity index (χ0v) is 23.5. The van der Waals surface area contributed by atoms with E-state index >= 15 is 0 Å². The van der Waals surface area contributed by atoms with E-state index in [1.165, 1.54) is 0 Å². The molecule has 6 atom stereocenters. The number of ketones is 2. The molecule has 3 aliphatic carbocycles. The quantitative estimate of drug-likeness (QED) is 0.217. The number of phenols is 1. The molecular weight excluding hydrogens is 528 g/mol. The van der Waals surface area contributed by atoms with Gasteiger partial charge in [-0.15, -0.1) is 0 Å². The smallest absolute Gasteiger partial charge is 0.230 e. The van der Waals surface area contributed by atoms with Crippen molar-refractivity contribution in [2.45, 2.75) is 37.1 Å². The Hall–Kier alpha value is -3.93. The van der Waals surface area contributed by atoms with Crippen molar-refractivity contribution in [2.24, 2.45) is 23.5 Å². The Morgan fingerprint density at radius 3 is 2.37 bits per heavy atom. The van der Waals surface area contributed by atoms with Gasteiger partial charge in [0, 0.05) is 43.9 Å². The second kappa shape index (κ2) is 10.2. The first-order chi connectivity index (χ1) is 19.3. The average Bonchev–Trinajstić information content (AvgIpc) is 2.90. The van der Waals surface area contributed by atoms with E-state index < -0.39 is 58.7 Å². The number of likely N-dealkylation sites (N-methyl/N-ethyl adjacent to an activating group) is 1. The van der Waals surface area contributed by atoms with Crippen LogP contribution >= 0.6 is 0 Å². The zero-order valence-electron chi connectivity index (χ0n) is 23.5. The van der Waals surface area contributed by atoms with Crippen LogP contribution in [0.15, 0.2) is 42.0 Å². The molecule has 2 fully saturated rings. The van der Waals surface area contributed by atoms with Crippen LogP contribution in [0.4, 0.5) is 11.4 Å². The number of primary amides is 1. The highest BCUT2D eigenvalue weighted by atomic mass is 16.3. The van der Waals surface area contributed by atoms with Crippen LogP contribution in [0.5, 0.6) is 5.75 Å². The molecule has 0 saturated heterocycles. The third kappa shape index (κ3) is 4.27. The molecule has 41 heavy (non-hydrogen) atoms. The number of aromatic hydroxyl groups is 1. The molecule has 218 valence electrons. The Morgan fingerprint density at radius 2 is 1.78 bits per heavy atom. The molecule has 0 aromatic heterocycles. The molecule has 3 aliphatic rings. The predicted molar refractivity (Wildman–Crippen MR) is 152 cm³/mol. The van der Waals surface area contributed by atoms with E-state index in [1.807, 2.05) is 49.3 Å². The molecule has 1 amide bonds. The maximum atomic E-state index is 14.1. The normalized spacial score (nSPS) is 29.1. The fraction of sp³-hybridized carbons (Fsp3) is 0.433. The van der Waals surface area contributed by atoms with E-state index in [9.17, 15) is 34.8 Å². The third-order valence-electron chi connectivity index (χ3n) is 8.87. The highest BCUT2D eigenvalue weighted by molar-refractivity contribution is 6.25. The topological polar surface area (TPSA) is 177 Å². The minimum absolute atomic E-state index is 0.0484. The van der Waals surface area contributed by atoms with E-state index in [0.29, 0.717) is 23.5 Å². The number of carbonyl (C=O) groups excluding carboxylic acids is 3. The molecule has 2 unspecified atom stereocenters. The highest BCUT2D eigenvalue weighted by Gasteiger charge is 2.67. The summed E-state index contributed by atoms with van der Waals surface area (Å²) in [6, 6.07) is 10.4. The summed E-state index contributed by atoms with van der Waals surface area (Å²) in [6.45, 7) is 0.387. The molecule has 0 spiro atoms. The average molecular weight is 565 g/mol. The largest absolute Gasteiger partial charge is 0.507 e. The number of aliphatic hydroxyl groups is 3. The van der Waals surface area contributed by atoms with Gasteiger partial charge in [0.25, 0.3) is 0 Å². The molecule has 0 radical (unpaired) electrons. The summed E-state index contributed by atoms with van der Waals surface area (Å²) in [5.41, 5.74) is 5.25. The fourth-order valence-corrected chi connectivity index (χ4v) is 6.98. The number of nitrogens with one attached hydrogen (secondary N) is 1. The van der Waals surface area contributed by atoms with Crippen molar-refractivity contribution in [3.8, 4) is 5.75 Å². The van der Waals surface area contributed by atoms with Gasteiger partial charge in [0.2, 0.25) is 11.7 Å². The van der Waals surface area contributed by atoms with Gasteiger partial charge in [-0.3, -0.25) is 14.4 Å². The summed E-state index contributed by atoms with van der Waals surface area (Å²) in [6.07, 6.45) is -1.22. The van der Waals surface area contributed by atoms with Crippen molar-refractivity contribution in [1.82, 2.24) is 4.90 Å².